The van der Waals surface area contributed by atoms with Crippen molar-refractivity contribution in [2.75, 3.05) is 12.8 Å². The summed E-state index contributed by atoms with van der Waals surface area (Å²) in [5.41, 5.74) is 5.85. The van der Waals surface area contributed by atoms with Crippen LogP contribution < -0.4 is 11.3 Å². The highest BCUT2D eigenvalue weighted by molar-refractivity contribution is 5.70. The fraction of sp³-hybridized carbons (Fsp3) is 0.444. The zero-order valence-corrected chi connectivity index (χ0v) is 9.10. The molecule has 2 aromatic rings. The van der Waals surface area contributed by atoms with Crippen molar-refractivity contribution < 1.29 is 4.74 Å². The summed E-state index contributed by atoms with van der Waals surface area (Å²) in [4.78, 5) is 22.0. The molecule has 0 unspecified atom stereocenters. The molecule has 0 fully saturated rings. The Kier molecular flexibility index (Phi) is 2.61. The quantitative estimate of drug-likeness (QED) is 0.777. The minimum atomic E-state index is -0.341. The lowest BCUT2D eigenvalue weighted by Gasteiger charge is -2.14. The largest absolute Gasteiger partial charge is 0.369 e. The van der Waals surface area contributed by atoms with Gasteiger partial charge in [0.05, 0.1) is 6.33 Å². The molecular formula is C9H13N5O2. The van der Waals surface area contributed by atoms with Gasteiger partial charge in [0.1, 0.15) is 6.23 Å². The van der Waals surface area contributed by atoms with E-state index in [0.29, 0.717) is 5.65 Å². The first-order valence-electron chi connectivity index (χ1n) is 4.92. The van der Waals surface area contributed by atoms with Gasteiger partial charge in [-0.2, -0.15) is 4.98 Å². The van der Waals surface area contributed by atoms with Crippen LogP contribution in [0.4, 0.5) is 5.95 Å². The molecule has 86 valence electrons. The number of hydrogen-bond donors (Lipinski definition) is 2. The van der Waals surface area contributed by atoms with Crippen LogP contribution in [0.15, 0.2) is 11.1 Å². The number of nitrogens with two attached hydrogens (primary N) is 1. The second-order valence-corrected chi connectivity index (χ2v) is 3.37. The van der Waals surface area contributed by atoms with Crippen LogP contribution in [0.1, 0.15) is 19.6 Å². The Morgan fingerprint density at radius 1 is 1.69 bits per heavy atom. The number of hydrogen-bond acceptors (Lipinski definition) is 5. The molecule has 0 spiro atoms. The number of H-pyrrole nitrogens is 1. The number of nitrogens with one attached hydrogen (secondary N) is 1. The van der Waals surface area contributed by atoms with Gasteiger partial charge in [-0.1, -0.05) is 6.92 Å². The fourth-order valence-electron chi connectivity index (χ4n) is 1.63. The van der Waals surface area contributed by atoms with Crippen LogP contribution >= 0.6 is 0 Å². The Morgan fingerprint density at radius 2 is 2.44 bits per heavy atom. The molecule has 0 saturated carbocycles. The fourth-order valence-corrected chi connectivity index (χ4v) is 1.63. The molecule has 0 bridgehead atoms. The zero-order valence-electron chi connectivity index (χ0n) is 9.10. The van der Waals surface area contributed by atoms with E-state index in [9.17, 15) is 4.79 Å². The monoisotopic (exact) mass is 223 g/mol. The topological polar surface area (TPSA) is 98.8 Å². The van der Waals surface area contributed by atoms with Crippen molar-refractivity contribution in [3.63, 3.8) is 0 Å². The first kappa shape index (κ1) is 10.6. The molecule has 0 aliphatic rings. The maximum absolute atomic E-state index is 11.5. The summed E-state index contributed by atoms with van der Waals surface area (Å²) in [6, 6.07) is 0. The van der Waals surface area contributed by atoms with Gasteiger partial charge in [0.2, 0.25) is 5.95 Å². The second kappa shape index (κ2) is 3.93. The Hall–Kier alpha value is -1.89. The molecule has 7 heteroatoms. The van der Waals surface area contributed by atoms with Gasteiger partial charge in [-0.25, -0.2) is 4.98 Å². The predicted octanol–water partition coefficient (Wildman–Crippen LogP) is 0.257. The third-order valence-electron chi connectivity index (χ3n) is 2.38. The van der Waals surface area contributed by atoms with Crippen LogP contribution in [0.25, 0.3) is 11.2 Å². The lowest BCUT2D eigenvalue weighted by atomic mass is 10.4. The lowest BCUT2D eigenvalue weighted by molar-refractivity contribution is 0.0438. The van der Waals surface area contributed by atoms with Gasteiger partial charge in [-0.3, -0.25) is 14.3 Å². The number of rotatable bonds is 3. The van der Waals surface area contributed by atoms with Crippen LogP contribution in [0, 0.1) is 0 Å². The van der Waals surface area contributed by atoms with Gasteiger partial charge in [-0.15, -0.1) is 0 Å². The molecule has 2 heterocycles. The molecule has 1 atom stereocenters. The van der Waals surface area contributed by atoms with Gasteiger partial charge < -0.3 is 10.5 Å². The highest BCUT2D eigenvalue weighted by atomic mass is 16.5. The van der Waals surface area contributed by atoms with E-state index < -0.39 is 0 Å². The lowest BCUT2D eigenvalue weighted by Crippen LogP contribution is -2.14. The van der Waals surface area contributed by atoms with Crippen LogP contribution in [0.3, 0.4) is 0 Å². The van der Waals surface area contributed by atoms with E-state index in [2.05, 4.69) is 15.0 Å². The summed E-state index contributed by atoms with van der Waals surface area (Å²) in [6.45, 7) is 1.97. The van der Waals surface area contributed by atoms with Crippen molar-refractivity contribution in [3.8, 4) is 0 Å². The maximum atomic E-state index is 11.5. The minimum absolute atomic E-state index is 0.0743. The van der Waals surface area contributed by atoms with Crippen LogP contribution in [-0.2, 0) is 4.74 Å². The summed E-state index contributed by atoms with van der Waals surface area (Å²) >= 11 is 0. The first-order valence-corrected chi connectivity index (χ1v) is 4.92. The van der Waals surface area contributed by atoms with Crippen molar-refractivity contribution >= 4 is 17.1 Å². The van der Waals surface area contributed by atoms with E-state index in [4.69, 9.17) is 10.5 Å². The SMILES string of the molecule is CC[C@@H](OC)n1cnc2c(=O)[nH]c(N)nc21. The van der Waals surface area contributed by atoms with Gasteiger partial charge in [-0.05, 0) is 6.42 Å². The van der Waals surface area contributed by atoms with E-state index >= 15 is 0 Å². The average molecular weight is 223 g/mol. The van der Waals surface area contributed by atoms with Crippen molar-refractivity contribution in [2.24, 2.45) is 0 Å². The van der Waals surface area contributed by atoms with Crippen molar-refractivity contribution in [2.45, 2.75) is 19.6 Å². The molecule has 16 heavy (non-hydrogen) atoms. The molecule has 0 amide bonds. The summed E-state index contributed by atoms with van der Waals surface area (Å²) in [7, 11) is 1.59. The van der Waals surface area contributed by atoms with E-state index in [1.54, 1.807) is 11.7 Å². The molecule has 2 rings (SSSR count). The van der Waals surface area contributed by atoms with Crippen LogP contribution in [0.2, 0.25) is 0 Å². The molecule has 0 aliphatic heterocycles. The summed E-state index contributed by atoms with van der Waals surface area (Å²) in [5.74, 6) is 0.0743. The predicted molar refractivity (Wildman–Crippen MR) is 58.9 cm³/mol. The number of nitrogen functional groups attached to an aromatic ring is 1. The van der Waals surface area contributed by atoms with Crippen molar-refractivity contribution in [3.05, 3.63) is 16.7 Å². The third-order valence-corrected chi connectivity index (χ3v) is 2.38. The molecule has 0 saturated heterocycles. The molecular weight excluding hydrogens is 210 g/mol. The molecule has 0 aliphatic carbocycles. The molecule has 7 nitrogen and oxygen atoms in total. The van der Waals surface area contributed by atoms with Gasteiger partial charge in [0.25, 0.3) is 5.56 Å². The van der Waals surface area contributed by atoms with E-state index in [1.165, 1.54) is 6.33 Å². The van der Waals surface area contributed by atoms with E-state index in [1.807, 2.05) is 6.92 Å². The highest BCUT2D eigenvalue weighted by Crippen LogP contribution is 2.16. The number of fused-ring (bicyclic) bond motifs is 1. The molecule has 0 radical (unpaired) electrons. The summed E-state index contributed by atoms with van der Waals surface area (Å²) in [6.07, 6.45) is 2.08. The average Bonchev–Trinajstić information content (AvgIpc) is 2.64. The van der Waals surface area contributed by atoms with E-state index in [-0.39, 0.29) is 23.3 Å². The number of nitrogens with zero attached hydrogens (tertiary/aromatic N) is 3. The zero-order chi connectivity index (χ0) is 11.7. The van der Waals surface area contributed by atoms with Gasteiger partial charge >= 0.3 is 0 Å². The second-order valence-electron chi connectivity index (χ2n) is 3.37. The number of aromatic nitrogens is 4. The molecule has 0 aromatic carbocycles. The van der Waals surface area contributed by atoms with Crippen molar-refractivity contribution in [1.29, 1.82) is 0 Å². The van der Waals surface area contributed by atoms with E-state index in [0.717, 1.165) is 6.42 Å². The number of methoxy groups -OCH3 is 1. The third kappa shape index (κ3) is 1.54. The van der Waals surface area contributed by atoms with Gasteiger partial charge in [0.15, 0.2) is 11.2 Å². The van der Waals surface area contributed by atoms with Crippen molar-refractivity contribution in [1.82, 2.24) is 19.5 Å². The normalized spacial score (nSPS) is 13.1. The Morgan fingerprint density at radius 3 is 3.06 bits per heavy atom. The van der Waals surface area contributed by atoms with Gasteiger partial charge in [0, 0.05) is 7.11 Å². The number of imidazole rings is 1. The Labute approximate surface area is 91.3 Å². The summed E-state index contributed by atoms with van der Waals surface area (Å²) < 4.78 is 6.96. The summed E-state index contributed by atoms with van der Waals surface area (Å²) in [5, 5.41) is 0. The standard InChI is InChI=1S/C9H13N5O2/c1-3-5(16-2)14-4-11-6-7(14)12-9(10)13-8(6)15/h4-5H,3H2,1-2H3,(H3,10,12,13,15)/t5-/m1/s1. The molecule has 2 aromatic heterocycles. The Bertz CT molecular complexity index is 555. The number of aromatic amines is 1. The Balaban J connectivity index is 2.68. The number of anilines is 1. The van der Waals surface area contributed by atoms with Crippen LogP contribution in [0.5, 0.6) is 0 Å². The number of ether oxygens (including phenoxy) is 1. The smallest absolute Gasteiger partial charge is 0.280 e. The highest BCUT2D eigenvalue weighted by Gasteiger charge is 2.14. The maximum Gasteiger partial charge on any atom is 0.280 e. The van der Waals surface area contributed by atoms with Crippen LogP contribution in [-0.4, -0.2) is 26.6 Å². The molecule has 3 N–H and O–H groups in total. The first-order chi connectivity index (χ1) is 7.67. The minimum Gasteiger partial charge on any atom is -0.369 e.